The van der Waals surface area contributed by atoms with Gasteiger partial charge in [0.2, 0.25) is 0 Å². The fourth-order valence-electron chi connectivity index (χ4n) is 1.56. The monoisotopic (exact) mass is 240 g/mol. The maximum atomic E-state index is 11.8. The Labute approximate surface area is 105 Å². The molecule has 0 saturated carbocycles. The van der Waals surface area contributed by atoms with Gasteiger partial charge in [-0.1, -0.05) is 6.92 Å². The molecule has 0 aliphatic carbocycles. The topological polar surface area (TPSA) is 81.7 Å². The number of rotatable bonds is 5. The first-order chi connectivity index (χ1) is 8.62. The van der Waals surface area contributed by atoms with Crippen LogP contribution >= 0.6 is 0 Å². The minimum Gasteiger partial charge on any atom is -0.299 e. The van der Waals surface area contributed by atoms with Gasteiger partial charge in [-0.15, -0.1) is 0 Å². The van der Waals surface area contributed by atoms with Crippen molar-refractivity contribution in [3.05, 3.63) is 34.9 Å². The van der Waals surface area contributed by atoms with Crippen LogP contribution in [0.4, 0.5) is 0 Å². The van der Waals surface area contributed by atoms with Gasteiger partial charge in [-0.25, -0.2) is 0 Å². The normalized spacial score (nSPS) is 9.28. The van der Waals surface area contributed by atoms with Crippen LogP contribution in [0.25, 0.3) is 0 Å². The number of hydrogen-bond donors (Lipinski definition) is 0. The molecule has 0 unspecified atom stereocenters. The van der Waals surface area contributed by atoms with Gasteiger partial charge in [0.1, 0.15) is 17.9 Å². The van der Waals surface area contributed by atoms with Gasteiger partial charge in [-0.05, 0) is 24.6 Å². The minimum absolute atomic E-state index is 0.106. The maximum absolute atomic E-state index is 11.8. The molecule has 0 spiro atoms. The summed E-state index contributed by atoms with van der Waals surface area (Å²) >= 11 is 0. The van der Waals surface area contributed by atoms with Crippen molar-refractivity contribution in [1.82, 2.24) is 0 Å². The zero-order valence-corrected chi connectivity index (χ0v) is 10.1. The van der Waals surface area contributed by atoms with Crippen molar-refractivity contribution in [2.45, 2.75) is 26.2 Å². The molecule has 18 heavy (non-hydrogen) atoms. The molecule has 0 heterocycles. The summed E-state index contributed by atoms with van der Waals surface area (Å²) in [5.41, 5.74) is 0.690. The number of hydrogen-bond acceptors (Lipinski definition) is 4. The van der Waals surface area contributed by atoms with Gasteiger partial charge in [0.05, 0.1) is 17.5 Å². The van der Waals surface area contributed by atoms with Crippen molar-refractivity contribution in [3.8, 4) is 12.1 Å². The predicted molar refractivity (Wildman–Crippen MR) is 64.7 cm³/mol. The third-order valence-corrected chi connectivity index (χ3v) is 2.47. The van der Waals surface area contributed by atoms with Gasteiger partial charge in [0.15, 0.2) is 5.78 Å². The fourth-order valence-corrected chi connectivity index (χ4v) is 1.56. The predicted octanol–water partition coefficient (Wildman–Crippen LogP) is 2.37. The van der Waals surface area contributed by atoms with Crippen molar-refractivity contribution in [2.24, 2.45) is 0 Å². The molecule has 0 bridgehead atoms. The van der Waals surface area contributed by atoms with E-state index >= 15 is 0 Å². The molecule has 0 atom stereocenters. The van der Waals surface area contributed by atoms with E-state index < -0.39 is 0 Å². The van der Waals surface area contributed by atoms with E-state index in [1.807, 2.05) is 19.1 Å². The van der Waals surface area contributed by atoms with Crippen molar-refractivity contribution in [2.75, 3.05) is 0 Å². The molecule has 0 aliphatic rings. The molecule has 0 saturated heterocycles. The standard InChI is InChI=1S/C14H12N2O2/c1-2-3-13(17)7-14(18)10-4-5-11(8-15)12(6-10)9-16/h4-6H,2-3,7H2,1H3. The van der Waals surface area contributed by atoms with Crippen molar-refractivity contribution in [3.63, 3.8) is 0 Å². The lowest BCUT2D eigenvalue weighted by molar-refractivity contribution is -0.118. The lowest BCUT2D eigenvalue weighted by Crippen LogP contribution is -2.08. The number of carbonyl (C=O) groups excluding carboxylic acids is 2. The van der Waals surface area contributed by atoms with E-state index in [-0.39, 0.29) is 29.1 Å². The molecule has 0 aromatic heterocycles. The maximum Gasteiger partial charge on any atom is 0.170 e. The second-order valence-electron chi connectivity index (χ2n) is 3.87. The van der Waals surface area contributed by atoms with Crippen molar-refractivity contribution < 1.29 is 9.59 Å². The zero-order valence-electron chi connectivity index (χ0n) is 10.1. The molecule has 0 aliphatic heterocycles. The fraction of sp³-hybridized carbons (Fsp3) is 0.286. The van der Waals surface area contributed by atoms with E-state index in [0.717, 1.165) is 0 Å². The molecule has 4 nitrogen and oxygen atoms in total. The Morgan fingerprint density at radius 2 is 1.83 bits per heavy atom. The Balaban J connectivity index is 2.92. The molecular weight excluding hydrogens is 228 g/mol. The number of nitriles is 2. The number of carbonyl (C=O) groups is 2. The molecule has 0 radical (unpaired) electrons. The molecule has 4 heteroatoms. The molecule has 1 rings (SSSR count). The first-order valence-corrected chi connectivity index (χ1v) is 5.61. The number of Topliss-reactive ketones (excluding diaryl/α,β-unsaturated/α-hetero) is 2. The lowest BCUT2D eigenvalue weighted by atomic mass is 9.99. The number of benzene rings is 1. The second kappa shape index (κ2) is 6.32. The summed E-state index contributed by atoms with van der Waals surface area (Å²) in [7, 11) is 0. The number of ketones is 2. The molecular formula is C14H12N2O2. The van der Waals surface area contributed by atoms with E-state index in [2.05, 4.69) is 0 Å². The summed E-state index contributed by atoms with van der Waals surface area (Å²) in [6, 6.07) is 7.99. The van der Waals surface area contributed by atoms with Gasteiger partial charge in [0, 0.05) is 12.0 Å². The summed E-state index contributed by atoms with van der Waals surface area (Å²) < 4.78 is 0. The minimum atomic E-state index is -0.311. The van der Waals surface area contributed by atoms with Crippen LogP contribution in [0.2, 0.25) is 0 Å². The SMILES string of the molecule is CCCC(=O)CC(=O)c1ccc(C#N)c(C#N)c1. The second-order valence-corrected chi connectivity index (χ2v) is 3.87. The van der Waals surface area contributed by atoms with Crippen LogP contribution in [0.1, 0.15) is 47.7 Å². The first kappa shape index (κ1) is 13.6. The van der Waals surface area contributed by atoms with Crippen LogP contribution < -0.4 is 0 Å². The molecule has 0 amide bonds. The Morgan fingerprint density at radius 3 is 2.39 bits per heavy atom. The Hall–Kier alpha value is -2.46. The van der Waals surface area contributed by atoms with Gasteiger partial charge in [0.25, 0.3) is 0 Å². The molecule has 0 fully saturated rings. The van der Waals surface area contributed by atoms with Crippen molar-refractivity contribution >= 4 is 11.6 Å². The molecule has 1 aromatic rings. The quantitative estimate of drug-likeness (QED) is 0.584. The largest absolute Gasteiger partial charge is 0.299 e. The lowest BCUT2D eigenvalue weighted by Gasteiger charge is -2.01. The third-order valence-electron chi connectivity index (χ3n) is 2.47. The summed E-state index contributed by atoms with van der Waals surface area (Å²) in [6.45, 7) is 1.87. The Morgan fingerprint density at radius 1 is 1.17 bits per heavy atom. The summed E-state index contributed by atoms with van der Waals surface area (Å²) in [5, 5.41) is 17.6. The van der Waals surface area contributed by atoms with Gasteiger partial charge < -0.3 is 0 Å². The molecule has 0 N–H and O–H groups in total. The first-order valence-electron chi connectivity index (χ1n) is 5.61. The summed E-state index contributed by atoms with van der Waals surface area (Å²) in [5.74, 6) is -0.417. The van der Waals surface area contributed by atoms with E-state index in [0.29, 0.717) is 18.4 Å². The zero-order chi connectivity index (χ0) is 13.5. The van der Waals surface area contributed by atoms with Crippen LogP contribution in [0, 0.1) is 22.7 Å². The third kappa shape index (κ3) is 3.26. The molecule has 90 valence electrons. The average Bonchev–Trinajstić information content (AvgIpc) is 2.38. The van der Waals surface area contributed by atoms with Crippen molar-refractivity contribution in [1.29, 1.82) is 10.5 Å². The van der Waals surface area contributed by atoms with Gasteiger partial charge >= 0.3 is 0 Å². The Kier molecular flexibility index (Phi) is 4.78. The van der Waals surface area contributed by atoms with E-state index in [1.54, 1.807) is 0 Å². The highest BCUT2D eigenvalue weighted by Gasteiger charge is 2.13. The average molecular weight is 240 g/mol. The Bertz CT molecular complexity index is 562. The summed E-state index contributed by atoms with van der Waals surface area (Å²) in [6.07, 6.45) is 0.945. The number of nitrogens with zero attached hydrogens (tertiary/aromatic N) is 2. The van der Waals surface area contributed by atoms with Gasteiger partial charge in [-0.3, -0.25) is 9.59 Å². The van der Waals surface area contributed by atoms with Crippen LogP contribution in [0.3, 0.4) is 0 Å². The van der Waals surface area contributed by atoms with Gasteiger partial charge in [-0.2, -0.15) is 10.5 Å². The highest BCUT2D eigenvalue weighted by molar-refractivity contribution is 6.08. The molecule has 1 aromatic carbocycles. The van der Waals surface area contributed by atoms with E-state index in [4.69, 9.17) is 10.5 Å². The highest BCUT2D eigenvalue weighted by Crippen LogP contribution is 2.12. The van der Waals surface area contributed by atoms with E-state index in [9.17, 15) is 9.59 Å². The van der Waals surface area contributed by atoms with E-state index in [1.165, 1.54) is 18.2 Å². The van der Waals surface area contributed by atoms with Crippen LogP contribution in [0.5, 0.6) is 0 Å². The van der Waals surface area contributed by atoms with Crippen LogP contribution in [-0.2, 0) is 4.79 Å². The smallest absolute Gasteiger partial charge is 0.170 e. The van der Waals surface area contributed by atoms with Crippen LogP contribution in [-0.4, -0.2) is 11.6 Å². The van der Waals surface area contributed by atoms with Crippen LogP contribution in [0.15, 0.2) is 18.2 Å². The summed E-state index contributed by atoms with van der Waals surface area (Å²) in [4.78, 5) is 23.2. The highest BCUT2D eigenvalue weighted by atomic mass is 16.1.